The van der Waals surface area contributed by atoms with Crippen LogP contribution < -0.4 is 19.7 Å². The molecular formula is C18H17F2N3O4. The molecule has 1 aliphatic rings. The number of carbonyl (C=O) groups excluding carboxylic acids is 2. The van der Waals surface area contributed by atoms with Gasteiger partial charge in [-0.3, -0.25) is 14.7 Å². The number of pyridine rings is 1. The van der Waals surface area contributed by atoms with E-state index in [2.05, 4.69) is 10.3 Å². The largest absolute Gasteiger partial charge is 0.494 e. The zero-order valence-electron chi connectivity index (χ0n) is 14.9. The van der Waals surface area contributed by atoms with Crippen molar-refractivity contribution in [2.24, 2.45) is 0 Å². The van der Waals surface area contributed by atoms with E-state index in [0.29, 0.717) is 24.1 Å². The smallest absolute Gasteiger partial charge is 0.322 e. The Morgan fingerprint density at radius 1 is 1.22 bits per heavy atom. The highest BCUT2D eigenvalue weighted by Gasteiger charge is 2.36. The molecule has 7 nitrogen and oxygen atoms in total. The SMILES string of the molecule is CCN1C(=O)NC(c2c(F)c(OC)cc(OC)c2F)c2cnc(C=O)cc21. The van der Waals surface area contributed by atoms with Crippen LogP contribution in [0.4, 0.5) is 19.3 Å². The molecule has 2 aromatic rings. The fourth-order valence-electron chi connectivity index (χ4n) is 3.08. The monoisotopic (exact) mass is 377 g/mol. The molecule has 1 N–H and O–H groups in total. The number of nitrogens with one attached hydrogen (secondary N) is 1. The van der Waals surface area contributed by atoms with Crippen molar-refractivity contribution in [3.63, 3.8) is 0 Å². The molecule has 2 heterocycles. The number of rotatable bonds is 5. The second kappa shape index (κ2) is 7.18. The van der Waals surface area contributed by atoms with Crippen LogP contribution in [-0.2, 0) is 0 Å². The van der Waals surface area contributed by atoms with Crippen molar-refractivity contribution in [1.82, 2.24) is 10.3 Å². The molecule has 27 heavy (non-hydrogen) atoms. The van der Waals surface area contributed by atoms with Gasteiger partial charge in [0.1, 0.15) is 5.69 Å². The molecule has 0 bridgehead atoms. The fourth-order valence-corrected chi connectivity index (χ4v) is 3.08. The summed E-state index contributed by atoms with van der Waals surface area (Å²) in [6.07, 6.45) is 1.85. The van der Waals surface area contributed by atoms with Gasteiger partial charge in [0, 0.05) is 24.4 Å². The number of urea groups is 1. The Morgan fingerprint density at radius 3 is 2.37 bits per heavy atom. The molecule has 0 saturated heterocycles. The van der Waals surface area contributed by atoms with Crippen molar-refractivity contribution in [2.45, 2.75) is 13.0 Å². The molecule has 1 aliphatic heterocycles. The number of carbonyl (C=O) groups is 2. The number of ether oxygens (including phenoxy) is 2. The van der Waals surface area contributed by atoms with E-state index in [1.165, 1.54) is 31.4 Å². The highest BCUT2D eigenvalue weighted by atomic mass is 19.1. The van der Waals surface area contributed by atoms with Crippen molar-refractivity contribution in [3.8, 4) is 11.5 Å². The van der Waals surface area contributed by atoms with Crippen LogP contribution in [-0.4, -0.2) is 38.1 Å². The lowest BCUT2D eigenvalue weighted by Crippen LogP contribution is -2.47. The molecule has 1 aromatic carbocycles. The van der Waals surface area contributed by atoms with E-state index in [1.807, 2.05) is 0 Å². The van der Waals surface area contributed by atoms with Crippen molar-refractivity contribution in [2.75, 3.05) is 25.7 Å². The van der Waals surface area contributed by atoms with Crippen molar-refractivity contribution >= 4 is 18.0 Å². The van der Waals surface area contributed by atoms with Gasteiger partial charge in [0.05, 0.1) is 31.5 Å². The summed E-state index contributed by atoms with van der Waals surface area (Å²) < 4.78 is 39.8. The summed E-state index contributed by atoms with van der Waals surface area (Å²) in [5, 5.41) is 2.58. The van der Waals surface area contributed by atoms with Gasteiger partial charge >= 0.3 is 6.03 Å². The van der Waals surface area contributed by atoms with Crippen LogP contribution in [0.25, 0.3) is 0 Å². The van der Waals surface area contributed by atoms with Crippen molar-refractivity contribution < 1.29 is 27.8 Å². The Bertz CT molecular complexity index is 892. The molecule has 0 radical (unpaired) electrons. The van der Waals surface area contributed by atoms with Crippen LogP contribution in [0, 0.1) is 11.6 Å². The Kier molecular flexibility index (Phi) is 4.93. The molecule has 142 valence electrons. The maximum Gasteiger partial charge on any atom is 0.322 e. The third-order valence-corrected chi connectivity index (χ3v) is 4.38. The van der Waals surface area contributed by atoms with Crippen LogP contribution in [0.5, 0.6) is 11.5 Å². The molecule has 0 spiro atoms. The third-order valence-electron chi connectivity index (χ3n) is 4.38. The first-order valence-electron chi connectivity index (χ1n) is 8.09. The van der Waals surface area contributed by atoms with E-state index in [9.17, 15) is 18.4 Å². The maximum atomic E-state index is 14.9. The van der Waals surface area contributed by atoms with Gasteiger partial charge in [-0.2, -0.15) is 0 Å². The Hall–Kier alpha value is -3.23. The third kappa shape index (κ3) is 2.94. The first-order chi connectivity index (χ1) is 13.0. The zero-order valence-corrected chi connectivity index (χ0v) is 14.9. The molecule has 2 amide bonds. The minimum absolute atomic E-state index is 0.102. The van der Waals surface area contributed by atoms with Crippen molar-refractivity contribution in [1.29, 1.82) is 0 Å². The molecule has 1 unspecified atom stereocenters. The number of hydrogen-bond acceptors (Lipinski definition) is 5. The van der Waals surface area contributed by atoms with Gasteiger partial charge in [-0.25, -0.2) is 13.6 Å². The summed E-state index contributed by atoms with van der Waals surface area (Å²) in [4.78, 5) is 28.9. The number of benzene rings is 1. The Balaban J connectivity index is 2.27. The number of nitrogens with zero attached hydrogens (tertiary/aromatic N) is 2. The van der Waals surface area contributed by atoms with Crippen LogP contribution in [0.1, 0.15) is 34.6 Å². The standard InChI is InChI=1S/C18H17F2N3O4/c1-4-23-11-5-9(8-24)21-7-10(11)17(22-18(23)25)14-15(19)12(26-2)6-13(27-3)16(14)20/h5-8,17H,4H2,1-3H3,(H,22,25). The number of anilines is 1. The topological polar surface area (TPSA) is 80.8 Å². The first-order valence-corrected chi connectivity index (χ1v) is 8.09. The summed E-state index contributed by atoms with van der Waals surface area (Å²) in [6.45, 7) is 2.03. The number of hydrogen-bond donors (Lipinski definition) is 1. The molecule has 0 fully saturated rings. The first kappa shape index (κ1) is 18.6. The summed E-state index contributed by atoms with van der Waals surface area (Å²) in [5.41, 5.74) is 0.362. The van der Waals surface area contributed by atoms with Crippen LogP contribution in [0.2, 0.25) is 0 Å². The van der Waals surface area contributed by atoms with Crippen molar-refractivity contribution in [3.05, 3.63) is 46.8 Å². The van der Waals surface area contributed by atoms with Gasteiger partial charge in [0.15, 0.2) is 29.4 Å². The zero-order chi connectivity index (χ0) is 19.7. The van der Waals surface area contributed by atoms with E-state index < -0.39 is 29.3 Å². The number of fused-ring (bicyclic) bond motifs is 1. The predicted octanol–water partition coefficient (Wildman–Crippen LogP) is 2.83. The van der Waals surface area contributed by atoms with Gasteiger partial charge in [0.25, 0.3) is 0 Å². The number of halogens is 2. The molecule has 1 atom stereocenters. The molecule has 9 heteroatoms. The quantitative estimate of drug-likeness (QED) is 0.811. The maximum absolute atomic E-state index is 14.9. The highest BCUT2D eigenvalue weighted by molar-refractivity contribution is 5.96. The summed E-state index contributed by atoms with van der Waals surface area (Å²) in [7, 11) is 2.48. The van der Waals surface area contributed by atoms with E-state index in [1.54, 1.807) is 6.92 Å². The van der Waals surface area contributed by atoms with Gasteiger partial charge in [0.2, 0.25) is 0 Å². The Labute approximate surface area is 153 Å². The molecule has 0 saturated carbocycles. The number of amides is 2. The summed E-state index contributed by atoms with van der Waals surface area (Å²) in [6, 6.07) is 0.766. The molecule has 1 aromatic heterocycles. The van der Waals surface area contributed by atoms with Crippen LogP contribution >= 0.6 is 0 Å². The van der Waals surface area contributed by atoms with Gasteiger partial charge < -0.3 is 14.8 Å². The molecule has 3 rings (SSSR count). The van der Waals surface area contributed by atoms with Crippen LogP contribution in [0.3, 0.4) is 0 Å². The van der Waals surface area contributed by atoms with E-state index in [4.69, 9.17) is 9.47 Å². The Morgan fingerprint density at radius 2 is 1.85 bits per heavy atom. The average Bonchev–Trinajstić information content (AvgIpc) is 2.68. The van der Waals surface area contributed by atoms with E-state index >= 15 is 0 Å². The number of methoxy groups -OCH3 is 2. The molecule has 0 aliphatic carbocycles. The average molecular weight is 377 g/mol. The van der Waals surface area contributed by atoms with Gasteiger partial charge in [-0.05, 0) is 13.0 Å². The van der Waals surface area contributed by atoms with Crippen LogP contribution in [0.15, 0.2) is 18.3 Å². The number of aromatic nitrogens is 1. The second-order valence-electron chi connectivity index (χ2n) is 5.74. The summed E-state index contributed by atoms with van der Waals surface area (Å²) in [5.74, 6) is -2.38. The molecular weight excluding hydrogens is 360 g/mol. The lowest BCUT2D eigenvalue weighted by Gasteiger charge is -2.35. The predicted molar refractivity (Wildman–Crippen MR) is 92.5 cm³/mol. The second-order valence-corrected chi connectivity index (χ2v) is 5.74. The van der Waals surface area contributed by atoms with E-state index in [0.717, 1.165) is 6.07 Å². The lowest BCUT2D eigenvalue weighted by molar-refractivity contribution is 0.111. The van der Waals surface area contributed by atoms with Gasteiger partial charge in [-0.1, -0.05) is 0 Å². The number of aldehydes is 1. The van der Waals surface area contributed by atoms with E-state index in [-0.39, 0.29) is 17.2 Å². The van der Waals surface area contributed by atoms with Gasteiger partial charge in [-0.15, -0.1) is 0 Å². The highest BCUT2D eigenvalue weighted by Crippen LogP contribution is 2.41. The summed E-state index contributed by atoms with van der Waals surface area (Å²) >= 11 is 0. The normalized spacial score (nSPS) is 15.8. The fraction of sp³-hybridized carbons (Fsp3) is 0.278. The minimum atomic E-state index is -1.17. The minimum Gasteiger partial charge on any atom is -0.494 e. The lowest BCUT2D eigenvalue weighted by atomic mass is 9.94.